The summed E-state index contributed by atoms with van der Waals surface area (Å²) < 4.78 is 10.8. The lowest BCUT2D eigenvalue weighted by Crippen LogP contribution is -2.27. The molecule has 1 aliphatic rings. The zero-order valence-electron chi connectivity index (χ0n) is 8.66. The minimum Gasteiger partial charge on any atom is -0.458 e. The molecule has 0 bridgehead atoms. The van der Waals surface area contributed by atoms with Crippen molar-refractivity contribution < 1.29 is 9.47 Å². The van der Waals surface area contributed by atoms with E-state index >= 15 is 0 Å². The highest BCUT2D eigenvalue weighted by Crippen LogP contribution is 2.15. The van der Waals surface area contributed by atoms with Gasteiger partial charge in [0.1, 0.15) is 5.82 Å². The first-order valence-corrected chi connectivity index (χ1v) is 5.10. The SMILES string of the molecule is Cc1ncc(OC2CCCCO2)c(=O)[nH]1. The number of rotatable bonds is 2. The Bertz CT molecular complexity index is 382. The molecule has 1 aromatic rings. The third-order valence-corrected chi connectivity index (χ3v) is 2.29. The molecule has 1 atom stereocenters. The summed E-state index contributed by atoms with van der Waals surface area (Å²) in [4.78, 5) is 18.0. The van der Waals surface area contributed by atoms with Gasteiger partial charge in [-0.1, -0.05) is 0 Å². The summed E-state index contributed by atoms with van der Waals surface area (Å²) in [7, 11) is 0. The fourth-order valence-electron chi connectivity index (χ4n) is 1.50. The van der Waals surface area contributed by atoms with Gasteiger partial charge in [-0.15, -0.1) is 0 Å². The van der Waals surface area contributed by atoms with Crippen LogP contribution in [0.1, 0.15) is 25.1 Å². The maximum absolute atomic E-state index is 11.4. The predicted molar refractivity (Wildman–Crippen MR) is 53.8 cm³/mol. The molecule has 0 saturated carbocycles. The van der Waals surface area contributed by atoms with Gasteiger partial charge >= 0.3 is 0 Å². The van der Waals surface area contributed by atoms with E-state index < -0.39 is 0 Å². The van der Waals surface area contributed by atoms with E-state index in [2.05, 4.69) is 9.97 Å². The van der Waals surface area contributed by atoms with Crippen molar-refractivity contribution in [3.8, 4) is 5.75 Å². The van der Waals surface area contributed by atoms with Crippen LogP contribution in [0.5, 0.6) is 5.75 Å². The van der Waals surface area contributed by atoms with E-state index in [1.54, 1.807) is 6.92 Å². The van der Waals surface area contributed by atoms with Crippen LogP contribution in [0.4, 0.5) is 0 Å². The van der Waals surface area contributed by atoms with Gasteiger partial charge in [0.2, 0.25) is 5.75 Å². The second kappa shape index (κ2) is 4.44. The molecule has 0 amide bonds. The number of nitrogens with zero attached hydrogens (tertiary/aromatic N) is 1. The lowest BCUT2D eigenvalue weighted by atomic mass is 10.2. The molecule has 82 valence electrons. The molecular weight excluding hydrogens is 196 g/mol. The molecule has 5 nitrogen and oxygen atoms in total. The first-order chi connectivity index (χ1) is 7.25. The third kappa shape index (κ3) is 2.56. The van der Waals surface area contributed by atoms with Crippen LogP contribution in [0.2, 0.25) is 0 Å². The molecule has 1 saturated heterocycles. The molecular formula is C10H14N2O3. The van der Waals surface area contributed by atoms with E-state index in [1.807, 2.05) is 0 Å². The van der Waals surface area contributed by atoms with Crippen molar-refractivity contribution in [2.45, 2.75) is 32.5 Å². The first-order valence-electron chi connectivity index (χ1n) is 5.10. The number of hydrogen-bond acceptors (Lipinski definition) is 4. The summed E-state index contributed by atoms with van der Waals surface area (Å²) in [5, 5.41) is 0. The molecule has 0 aromatic carbocycles. The van der Waals surface area contributed by atoms with Gasteiger partial charge in [-0.05, 0) is 19.8 Å². The molecule has 2 rings (SSSR count). The smallest absolute Gasteiger partial charge is 0.293 e. The Labute approximate surface area is 87.4 Å². The second-order valence-electron chi connectivity index (χ2n) is 3.58. The van der Waals surface area contributed by atoms with Crippen molar-refractivity contribution in [2.75, 3.05) is 6.61 Å². The quantitative estimate of drug-likeness (QED) is 0.790. The average molecular weight is 210 g/mol. The van der Waals surface area contributed by atoms with Gasteiger partial charge in [0, 0.05) is 6.42 Å². The van der Waals surface area contributed by atoms with E-state index in [1.165, 1.54) is 6.20 Å². The summed E-state index contributed by atoms with van der Waals surface area (Å²) in [5.41, 5.74) is -0.253. The van der Waals surface area contributed by atoms with E-state index in [0.29, 0.717) is 12.4 Å². The Kier molecular flexibility index (Phi) is 3.01. The van der Waals surface area contributed by atoms with Crippen LogP contribution in [-0.4, -0.2) is 22.9 Å². The lowest BCUT2D eigenvalue weighted by Gasteiger charge is -2.22. The Morgan fingerprint density at radius 3 is 3.13 bits per heavy atom. The Morgan fingerprint density at radius 1 is 1.60 bits per heavy atom. The molecule has 0 radical (unpaired) electrons. The largest absolute Gasteiger partial charge is 0.458 e. The number of aromatic nitrogens is 2. The van der Waals surface area contributed by atoms with Crippen LogP contribution in [0.3, 0.4) is 0 Å². The zero-order chi connectivity index (χ0) is 10.7. The average Bonchev–Trinajstić information content (AvgIpc) is 2.24. The first kappa shape index (κ1) is 10.2. The van der Waals surface area contributed by atoms with Gasteiger partial charge in [0.05, 0.1) is 12.8 Å². The molecule has 2 heterocycles. The van der Waals surface area contributed by atoms with E-state index in [9.17, 15) is 4.79 Å². The third-order valence-electron chi connectivity index (χ3n) is 2.29. The molecule has 0 spiro atoms. The summed E-state index contributed by atoms with van der Waals surface area (Å²) in [6, 6.07) is 0. The van der Waals surface area contributed by atoms with E-state index in [4.69, 9.17) is 9.47 Å². The molecule has 1 aliphatic heterocycles. The normalized spacial score (nSPS) is 21.3. The fourth-order valence-corrected chi connectivity index (χ4v) is 1.50. The highest BCUT2D eigenvalue weighted by Gasteiger charge is 2.16. The molecule has 0 aliphatic carbocycles. The summed E-state index contributed by atoms with van der Waals surface area (Å²) in [5.74, 6) is 0.810. The maximum atomic E-state index is 11.4. The fraction of sp³-hybridized carbons (Fsp3) is 0.600. The van der Waals surface area contributed by atoms with Crippen molar-refractivity contribution in [1.82, 2.24) is 9.97 Å². The lowest BCUT2D eigenvalue weighted by molar-refractivity contribution is -0.106. The maximum Gasteiger partial charge on any atom is 0.293 e. The zero-order valence-corrected chi connectivity index (χ0v) is 8.66. The topological polar surface area (TPSA) is 64.2 Å². The van der Waals surface area contributed by atoms with Crippen molar-refractivity contribution in [3.63, 3.8) is 0 Å². The van der Waals surface area contributed by atoms with E-state index in [0.717, 1.165) is 19.3 Å². The van der Waals surface area contributed by atoms with Gasteiger partial charge < -0.3 is 14.5 Å². The minimum atomic E-state index is -0.302. The molecule has 15 heavy (non-hydrogen) atoms. The monoisotopic (exact) mass is 210 g/mol. The van der Waals surface area contributed by atoms with Crippen molar-refractivity contribution in [1.29, 1.82) is 0 Å². The summed E-state index contributed by atoms with van der Waals surface area (Å²) >= 11 is 0. The Balaban J connectivity index is 2.06. The van der Waals surface area contributed by atoms with Crippen LogP contribution >= 0.6 is 0 Å². The van der Waals surface area contributed by atoms with Crippen molar-refractivity contribution >= 4 is 0 Å². The Hall–Kier alpha value is -1.36. The molecule has 1 unspecified atom stereocenters. The number of hydrogen-bond donors (Lipinski definition) is 1. The van der Waals surface area contributed by atoms with E-state index in [-0.39, 0.29) is 17.6 Å². The van der Waals surface area contributed by atoms with Crippen molar-refractivity contribution in [3.05, 3.63) is 22.4 Å². The van der Waals surface area contributed by atoms with Gasteiger partial charge in [-0.25, -0.2) is 4.98 Å². The van der Waals surface area contributed by atoms with Crippen LogP contribution in [0, 0.1) is 6.92 Å². The van der Waals surface area contributed by atoms with Gasteiger partial charge in [-0.3, -0.25) is 4.79 Å². The number of nitrogens with one attached hydrogen (secondary N) is 1. The standard InChI is InChI=1S/C10H14N2O3/c1-7-11-6-8(10(13)12-7)15-9-4-2-3-5-14-9/h6,9H,2-5H2,1H3,(H,11,12,13). The van der Waals surface area contributed by atoms with Gasteiger partial charge in [0.15, 0.2) is 6.29 Å². The van der Waals surface area contributed by atoms with Crippen LogP contribution in [-0.2, 0) is 4.74 Å². The predicted octanol–water partition coefficient (Wildman–Crippen LogP) is 0.984. The molecule has 5 heteroatoms. The van der Waals surface area contributed by atoms with Crippen LogP contribution in [0.25, 0.3) is 0 Å². The molecule has 1 N–H and O–H groups in total. The van der Waals surface area contributed by atoms with Crippen molar-refractivity contribution in [2.24, 2.45) is 0 Å². The number of ether oxygens (including phenoxy) is 2. The number of aromatic amines is 1. The molecule has 1 fully saturated rings. The summed E-state index contributed by atoms with van der Waals surface area (Å²) in [6.45, 7) is 2.42. The highest BCUT2D eigenvalue weighted by molar-refractivity contribution is 5.12. The second-order valence-corrected chi connectivity index (χ2v) is 3.58. The van der Waals surface area contributed by atoms with Crippen LogP contribution in [0.15, 0.2) is 11.0 Å². The summed E-state index contributed by atoms with van der Waals surface area (Å²) in [6.07, 6.45) is 4.09. The molecule has 1 aromatic heterocycles. The Morgan fingerprint density at radius 2 is 2.47 bits per heavy atom. The van der Waals surface area contributed by atoms with Gasteiger partial charge in [0.25, 0.3) is 5.56 Å². The number of H-pyrrole nitrogens is 1. The minimum absolute atomic E-state index is 0.229. The number of aryl methyl sites for hydroxylation is 1. The van der Waals surface area contributed by atoms with Gasteiger partial charge in [-0.2, -0.15) is 0 Å². The highest BCUT2D eigenvalue weighted by atomic mass is 16.7. The van der Waals surface area contributed by atoms with Crippen LogP contribution < -0.4 is 10.3 Å².